The summed E-state index contributed by atoms with van der Waals surface area (Å²) in [6.45, 7) is 0.766. The first-order valence-corrected chi connectivity index (χ1v) is 5.01. The van der Waals surface area contributed by atoms with Gasteiger partial charge in [-0.15, -0.1) is 0 Å². The van der Waals surface area contributed by atoms with E-state index in [1.807, 2.05) is 22.8 Å². The van der Waals surface area contributed by atoms with E-state index in [-0.39, 0.29) is 35.5 Å². The van der Waals surface area contributed by atoms with Crippen LogP contribution in [0.5, 0.6) is 0 Å². The fraction of sp³-hybridized carbons (Fsp3) is 0.0833. The first-order chi connectivity index (χ1) is 7.93. The first kappa shape index (κ1) is 14.9. The van der Waals surface area contributed by atoms with Gasteiger partial charge in [0.1, 0.15) is 0 Å². The van der Waals surface area contributed by atoms with Crippen molar-refractivity contribution in [3.8, 4) is 0 Å². The number of hydrogen-bond acceptors (Lipinski definition) is 3. The van der Waals surface area contributed by atoms with Crippen LogP contribution >= 0.6 is 0 Å². The molecule has 0 aliphatic rings. The Morgan fingerprint density at radius 3 is 2.67 bits per heavy atom. The van der Waals surface area contributed by atoms with E-state index >= 15 is 0 Å². The summed E-state index contributed by atoms with van der Waals surface area (Å²) < 4.78 is 1.99. The summed E-state index contributed by atoms with van der Waals surface area (Å²) in [7, 11) is 0. The fourth-order valence-corrected chi connectivity index (χ4v) is 1.66. The maximum Gasteiger partial charge on any atom is 2.00 e. The van der Waals surface area contributed by atoms with Gasteiger partial charge in [0, 0.05) is 24.0 Å². The molecule has 0 spiro atoms. The number of fused-ring (bicyclic) bond motifs is 1. The van der Waals surface area contributed by atoms with E-state index < -0.39 is 0 Å². The number of aromatic nitrogens is 4. The Kier molecular flexibility index (Phi) is 5.52. The zero-order chi connectivity index (χ0) is 10.8. The molecular formula is C12H9ClMgN4. The third-order valence-electron chi connectivity index (χ3n) is 2.41. The Hall–Kier alpha value is -1.17. The molecule has 2 aromatic heterocycles. The maximum atomic E-state index is 4.20. The van der Waals surface area contributed by atoms with Gasteiger partial charge < -0.3 is 26.9 Å². The monoisotopic (exact) mass is 268 g/mol. The summed E-state index contributed by atoms with van der Waals surface area (Å²) in [6.07, 6.45) is 6.07. The molecule has 18 heavy (non-hydrogen) atoms. The summed E-state index contributed by atoms with van der Waals surface area (Å²) in [5, 5.41) is 0. The summed E-state index contributed by atoms with van der Waals surface area (Å²) in [5.41, 5.74) is 2.75. The molecule has 0 saturated carbocycles. The second-order valence-corrected chi connectivity index (χ2v) is 3.52. The molecule has 4 nitrogen and oxygen atoms in total. The average molecular weight is 269 g/mol. The van der Waals surface area contributed by atoms with E-state index in [0.717, 1.165) is 12.2 Å². The van der Waals surface area contributed by atoms with Crippen LogP contribution < -0.4 is 12.4 Å². The molecule has 0 N–H and O–H groups in total. The van der Waals surface area contributed by atoms with Crippen LogP contribution in [0.1, 0.15) is 5.56 Å². The minimum atomic E-state index is 0. The standard InChI is InChI=1S/C12H9N4.ClH.Mg/c1-2-4-10(5-3-1)7-16-9-15-11-6-13-8-14-12(11)16;;/h1-5,8-9H,7H2;1H;/q-1;;+2/p-1. The Labute approximate surface area is 127 Å². The van der Waals surface area contributed by atoms with Gasteiger partial charge in [-0.2, -0.15) is 0 Å². The molecule has 0 radical (unpaired) electrons. The third-order valence-corrected chi connectivity index (χ3v) is 2.41. The molecule has 0 amide bonds. The van der Waals surface area contributed by atoms with Crippen molar-refractivity contribution in [3.05, 3.63) is 54.7 Å². The van der Waals surface area contributed by atoms with Crippen molar-refractivity contribution in [2.45, 2.75) is 6.54 Å². The van der Waals surface area contributed by atoms with Crippen molar-refractivity contribution >= 4 is 34.2 Å². The number of halogens is 1. The zero-order valence-corrected chi connectivity index (χ0v) is 11.8. The molecule has 0 atom stereocenters. The Morgan fingerprint density at radius 2 is 1.89 bits per heavy atom. The van der Waals surface area contributed by atoms with Crippen molar-refractivity contribution < 1.29 is 12.4 Å². The van der Waals surface area contributed by atoms with Crippen molar-refractivity contribution in [1.82, 2.24) is 19.5 Å². The second-order valence-electron chi connectivity index (χ2n) is 3.52. The molecule has 0 bridgehead atoms. The molecule has 2 heterocycles. The minimum Gasteiger partial charge on any atom is -1.00 e. The van der Waals surface area contributed by atoms with Crippen molar-refractivity contribution in [3.63, 3.8) is 0 Å². The first-order valence-electron chi connectivity index (χ1n) is 5.01. The van der Waals surface area contributed by atoms with Crippen LogP contribution in [-0.2, 0) is 6.54 Å². The van der Waals surface area contributed by atoms with E-state index in [1.165, 1.54) is 11.9 Å². The molecule has 3 rings (SSSR count). The number of imidazole rings is 1. The van der Waals surface area contributed by atoms with E-state index in [0.29, 0.717) is 5.52 Å². The maximum absolute atomic E-state index is 4.20. The predicted octanol–water partition coefficient (Wildman–Crippen LogP) is -1.70. The van der Waals surface area contributed by atoms with Crippen LogP contribution in [0.3, 0.4) is 0 Å². The Morgan fingerprint density at radius 1 is 1.11 bits per heavy atom. The molecule has 0 saturated heterocycles. The zero-order valence-electron chi connectivity index (χ0n) is 9.62. The van der Waals surface area contributed by atoms with Crippen LogP contribution in [0.2, 0.25) is 0 Å². The molecule has 0 unspecified atom stereocenters. The SMILES string of the molecule is [Cl-].[Mg+2].[c-]1ncnc2c1ncn2Cc1ccccc1. The molecule has 6 heteroatoms. The van der Waals surface area contributed by atoms with Gasteiger partial charge in [-0.1, -0.05) is 30.3 Å². The third kappa shape index (κ3) is 2.98. The fourth-order valence-electron chi connectivity index (χ4n) is 1.66. The minimum absolute atomic E-state index is 0. The van der Waals surface area contributed by atoms with Crippen molar-refractivity contribution in [2.24, 2.45) is 0 Å². The summed E-state index contributed by atoms with van der Waals surface area (Å²) in [4.78, 5) is 12.2. The van der Waals surface area contributed by atoms with Gasteiger partial charge in [-0.25, -0.2) is 0 Å². The van der Waals surface area contributed by atoms with Gasteiger partial charge in [-0.3, -0.25) is 4.98 Å². The van der Waals surface area contributed by atoms with Crippen LogP contribution in [-0.4, -0.2) is 42.6 Å². The van der Waals surface area contributed by atoms with Crippen LogP contribution in [0, 0.1) is 6.20 Å². The largest absolute Gasteiger partial charge is 2.00 e. The van der Waals surface area contributed by atoms with Crippen LogP contribution in [0.15, 0.2) is 43.0 Å². The Balaban J connectivity index is 0.000000810. The second kappa shape index (κ2) is 6.68. The number of benzene rings is 1. The molecule has 3 aromatic rings. The number of nitrogens with zero attached hydrogens (tertiary/aromatic N) is 4. The van der Waals surface area contributed by atoms with Gasteiger partial charge >= 0.3 is 23.1 Å². The van der Waals surface area contributed by atoms with Crippen LogP contribution in [0.25, 0.3) is 11.2 Å². The molecule has 0 aliphatic heterocycles. The molecule has 86 valence electrons. The van der Waals surface area contributed by atoms with Gasteiger partial charge in [0.15, 0.2) is 0 Å². The topological polar surface area (TPSA) is 43.6 Å². The quantitative estimate of drug-likeness (QED) is 0.411. The molecular weight excluding hydrogens is 260 g/mol. The Bertz CT molecular complexity index is 612. The summed E-state index contributed by atoms with van der Waals surface area (Å²) in [6, 6.07) is 10.2. The smallest absolute Gasteiger partial charge is 1.00 e. The average Bonchev–Trinajstić information content (AvgIpc) is 2.74. The number of rotatable bonds is 2. The van der Waals surface area contributed by atoms with Crippen molar-refractivity contribution in [2.75, 3.05) is 0 Å². The van der Waals surface area contributed by atoms with Crippen LogP contribution in [0.4, 0.5) is 0 Å². The van der Waals surface area contributed by atoms with Gasteiger partial charge in [0.05, 0.1) is 6.33 Å². The summed E-state index contributed by atoms with van der Waals surface area (Å²) in [5.74, 6) is 0. The van der Waals surface area contributed by atoms with E-state index in [2.05, 4.69) is 33.3 Å². The number of hydrogen-bond donors (Lipinski definition) is 0. The molecule has 0 aliphatic carbocycles. The van der Waals surface area contributed by atoms with E-state index in [4.69, 9.17) is 0 Å². The van der Waals surface area contributed by atoms with Gasteiger partial charge in [-0.05, 0) is 11.8 Å². The predicted molar refractivity (Wildman–Crippen MR) is 65.5 cm³/mol. The van der Waals surface area contributed by atoms with Gasteiger partial charge in [0.25, 0.3) is 0 Å². The van der Waals surface area contributed by atoms with E-state index in [9.17, 15) is 0 Å². The normalized spacial score (nSPS) is 9.56. The van der Waals surface area contributed by atoms with E-state index in [1.54, 1.807) is 6.33 Å². The van der Waals surface area contributed by atoms with Crippen molar-refractivity contribution in [1.29, 1.82) is 0 Å². The molecule has 0 fully saturated rings. The summed E-state index contributed by atoms with van der Waals surface area (Å²) >= 11 is 0. The van der Waals surface area contributed by atoms with Gasteiger partial charge in [0.2, 0.25) is 0 Å². The molecule has 1 aromatic carbocycles.